The molecule has 33 heavy (non-hydrogen) atoms. The third-order valence-electron chi connectivity index (χ3n) is 4.94. The average molecular weight is 484 g/mol. The second-order valence-electron chi connectivity index (χ2n) is 7.25. The summed E-state index contributed by atoms with van der Waals surface area (Å²) in [7, 11) is 0. The number of aromatic amines is 1. The van der Waals surface area contributed by atoms with Crippen LogP contribution in [-0.4, -0.2) is 44.1 Å². The van der Waals surface area contributed by atoms with Crippen LogP contribution >= 0.6 is 23.4 Å². The molecule has 1 atom stereocenters. The molecule has 0 bridgehead atoms. The van der Waals surface area contributed by atoms with Crippen LogP contribution in [-0.2, 0) is 4.79 Å². The lowest BCUT2D eigenvalue weighted by Crippen LogP contribution is -2.23. The number of fused-ring (bicyclic) bond motifs is 2. The molecule has 1 amide bonds. The van der Waals surface area contributed by atoms with Gasteiger partial charge in [0.05, 0.1) is 17.1 Å². The van der Waals surface area contributed by atoms with Gasteiger partial charge in [0.1, 0.15) is 18.6 Å². The summed E-state index contributed by atoms with van der Waals surface area (Å²) in [5.74, 6) is 0.987. The molecule has 4 aromatic rings. The Morgan fingerprint density at radius 2 is 2.03 bits per heavy atom. The Morgan fingerprint density at radius 3 is 2.85 bits per heavy atom. The fourth-order valence-corrected chi connectivity index (χ4v) is 4.31. The monoisotopic (exact) mass is 483 g/mol. The van der Waals surface area contributed by atoms with Gasteiger partial charge in [-0.25, -0.2) is 9.67 Å². The maximum atomic E-state index is 12.8. The highest BCUT2D eigenvalue weighted by Gasteiger charge is 2.20. The minimum Gasteiger partial charge on any atom is -0.486 e. The van der Waals surface area contributed by atoms with Crippen molar-refractivity contribution < 1.29 is 14.3 Å². The van der Waals surface area contributed by atoms with Crippen molar-refractivity contribution in [1.29, 1.82) is 0 Å². The van der Waals surface area contributed by atoms with Crippen molar-refractivity contribution in [3.8, 4) is 17.2 Å². The van der Waals surface area contributed by atoms with Crippen LogP contribution < -0.4 is 20.3 Å². The number of halogens is 1. The van der Waals surface area contributed by atoms with Gasteiger partial charge in [-0.2, -0.15) is 5.10 Å². The summed E-state index contributed by atoms with van der Waals surface area (Å²) < 4.78 is 12.6. The number of anilines is 1. The first-order valence-corrected chi connectivity index (χ1v) is 11.3. The van der Waals surface area contributed by atoms with E-state index >= 15 is 0 Å². The van der Waals surface area contributed by atoms with Crippen molar-refractivity contribution in [2.75, 3.05) is 18.5 Å². The number of H-pyrrole nitrogens is 1. The highest BCUT2D eigenvalue weighted by Crippen LogP contribution is 2.33. The van der Waals surface area contributed by atoms with Crippen molar-refractivity contribution >= 4 is 46.0 Å². The molecular formula is C22H18ClN5O4S. The topological polar surface area (TPSA) is 111 Å². The van der Waals surface area contributed by atoms with E-state index < -0.39 is 5.25 Å². The molecule has 1 aliphatic rings. The molecule has 3 heterocycles. The smallest absolute Gasteiger partial charge is 0.262 e. The maximum Gasteiger partial charge on any atom is 0.262 e. The first-order valence-electron chi connectivity index (χ1n) is 10.1. The van der Waals surface area contributed by atoms with Crippen LogP contribution in [0.2, 0.25) is 5.02 Å². The molecule has 0 aliphatic carbocycles. The Balaban J connectivity index is 1.36. The summed E-state index contributed by atoms with van der Waals surface area (Å²) in [4.78, 5) is 32.6. The number of amides is 1. The Labute approximate surface area is 197 Å². The SMILES string of the molecule is CC(Sc1nc2c(cnn2-c2cccc(Cl)c2)c(=O)[nH]1)C(=O)Nc1ccc2c(c1)OCCO2. The largest absolute Gasteiger partial charge is 0.486 e. The molecule has 0 radical (unpaired) electrons. The van der Waals surface area contributed by atoms with Gasteiger partial charge in [0, 0.05) is 16.8 Å². The summed E-state index contributed by atoms with van der Waals surface area (Å²) in [6, 6.07) is 12.3. The van der Waals surface area contributed by atoms with Crippen molar-refractivity contribution in [3.63, 3.8) is 0 Å². The van der Waals surface area contributed by atoms with Crippen LogP contribution in [0.3, 0.4) is 0 Å². The summed E-state index contributed by atoms with van der Waals surface area (Å²) in [5, 5.41) is 7.78. The molecule has 9 nitrogen and oxygen atoms in total. The lowest BCUT2D eigenvalue weighted by Gasteiger charge is -2.19. The third-order valence-corrected chi connectivity index (χ3v) is 6.16. The number of carbonyl (C=O) groups is 1. The predicted molar refractivity (Wildman–Crippen MR) is 126 cm³/mol. The van der Waals surface area contributed by atoms with Gasteiger partial charge < -0.3 is 19.8 Å². The predicted octanol–water partition coefficient (Wildman–Crippen LogP) is 3.65. The van der Waals surface area contributed by atoms with Gasteiger partial charge in [0.25, 0.3) is 5.56 Å². The van der Waals surface area contributed by atoms with E-state index in [1.54, 1.807) is 48.0 Å². The fourth-order valence-electron chi connectivity index (χ4n) is 3.34. The minimum atomic E-state index is -0.540. The van der Waals surface area contributed by atoms with Crippen LogP contribution in [0.4, 0.5) is 5.69 Å². The van der Waals surface area contributed by atoms with E-state index in [0.717, 1.165) is 11.8 Å². The van der Waals surface area contributed by atoms with E-state index in [1.165, 1.54) is 6.20 Å². The maximum absolute atomic E-state index is 12.8. The second-order valence-corrected chi connectivity index (χ2v) is 9.02. The summed E-state index contributed by atoms with van der Waals surface area (Å²) in [5.41, 5.74) is 1.31. The van der Waals surface area contributed by atoms with Crippen LogP contribution in [0.15, 0.2) is 58.6 Å². The molecule has 168 valence electrons. The molecule has 0 saturated carbocycles. The van der Waals surface area contributed by atoms with E-state index in [2.05, 4.69) is 20.4 Å². The molecular weight excluding hydrogens is 466 g/mol. The number of nitrogens with one attached hydrogen (secondary N) is 2. The van der Waals surface area contributed by atoms with E-state index in [-0.39, 0.29) is 11.5 Å². The number of nitrogens with zero attached hydrogens (tertiary/aromatic N) is 3. The van der Waals surface area contributed by atoms with E-state index in [4.69, 9.17) is 21.1 Å². The number of hydrogen-bond acceptors (Lipinski definition) is 7. The number of thioether (sulfide) groups is 1. The second kappa shape index (κ2) is 8.80. The molecule has 1 unspecified atom stereocenters. The van der Waals surface area contributed by atoms with E-state index in [0.29, 0.717) is 57.3 Å². The lowest BCUT2D eigenvalue weighted by atomic mass is 10.2. The van der Waals surface area contributed by atoms with E-state index in [9.17, 15) is 9.59 Å². The van der Waals surface area contributed by atoms with Gasteiger partial charge in [-0.1, -0.05) is 29.4 Å². The first-order chi connectivity index (χ1) is 16.0. The highest BCUT2D eigenvalue weighted by atomic mass is 35.5. The quantitative estimate of drug-likeness (QED) is 0.329. The van der Waals surface area contributed by atoms with Crippen molar-refractivity contribution in [3.05, 3.63) is 64.0 Å². The summed E-state index contributed by atoms with van der Waals surface area (Å²) >= 11 is 7.23. The Bertz CT molecular complexity index is 1420. The average Bonchev–Trinajstić information content (AvgIpc) is 3.23. The van der Waals surface area contributed by atoms with Crippen LogP contribution in [0.1, 0.15) is 6.92 Å². The highest BCUT2D eigenvalue weighted by molar-refractivity contribution is 8.00. The molecule has 0 saturated heterocycles. The van der Waals surface area contributed by atoms with Crippen molar-refractivity contribution in [2.24, 2.45) is 0 Å². The van der Waals surface area contributed by atoms with Gasteiger partial charge in [0.15, 0.2) is 22.3 Å². The third kappa shape index (κ3) is 4.39. The lowest BCUT2D eigenvalue weighted by molar-refractivity contribution is -0.115. The zero-order valence-corrected chi connectivity index (χ0v) is 18.9. The van der Waals surface area contributed by atoms with Crippen LogP contribution in [0, 0.1) is 0 Å². The van der Waals surface area contributed by atoms with Gasteiger partial charge in [-0.15, -0.1) is 0 Å². The van der Waals surface area contributed by atoms with E-state index in [1.807, 2.05) is 6.07 Å². The molecule has 2 aromatic carbocycles. The summed E-state index contributed by atoms with van der Waals surface area (Å²) in [6.45, 7) is 2.69. The summed E-state index contributed by atoms with van der Waals surface area (Å²) in [6.07, 6.45) is 1.45. The first kappa shape index (κ1) is 21.4. The zero-order chi connectivity index (χ0) is 22.9. The molecule has 0 spiro atoms. The zero-order valence-electron chi connectivity index (χ0n) is 17.4. The van der Waals surface area contributed by atoms with Crippen LogP contribution in [0.25, 0.3) is 16.7 Å². The fraction of sp³-hybridized carbons (Fsp3) is 0.182. The standard InChI is InChI=1S/C22H18ClN5O4S/c1-12(20(29)25-14-5-6-17-18(10-14)32-8-7-31-17)33-22-26-19-16(21(30)27-22)11-24-28(19)15-4-2-3-13(23)9-15/h2-6,9-12H,7-8H2,1H3,(H,25,29)(H,26,27,30). The number of aromatic nitrogens is 4. The molecule has 2 N–H and O–H groups in total. The number of rotatable bonds is 5. The Kier molecular flexibility index (Phi) is 5.69. The minimum absolute atomic E-state index is 0.247. The Hall–Kier alpha value is -3.50. The van der Waals surface area contributed by atoms with Gasteiger partial charge >= 0.3 is 0 Å². The van der Waals surface area contributed by atoms with Gasteiger partial charge in [-0.3, -0.25) is 9.59 Å². The van der Waals surface area contributed by atoms with Gasteiger partial charge in [-0.05, 0) is 37.3 Å². The van der Waals surface area contributed by atoms with Gasteiger partial charge in [0.2, 0.25) is 5.91 Å². The number of ether oxygens (including phenoxy) is 2. The number of hydrogen-bond donors (Lipinski definition) is 2. The molecule has 0 fully saturated rings. The van der Waals surface area contributed by atoms with Crippen molar-refractivity contribution in [1.82, 2.24) is 19.7 Å². The number of carbonyl (C=O) groups excluding carboxylic acids is 1. The molecule has 2 aromatic heterocycles. The molecule has 5 rings (SSSR count). The molecule has 1 aliphatic heterocycles. The Morgan fingerprint density at radius 1 is 1.21 bits per heavy atom. The van der Waals surface area contributed by atoms with Crippen molar-refractivity contribution in [2.45, 2.75) is 17.3 Å². The molecule has 11 heteroatoms. The number of benzene rings is 2. The van der Waals surface area contributed by atoms with Crippen LogP contribution in [0.5, 0.6) is 11.5 Å². The normalized spacial score (nSPS) is 13.6.